The largest absolute Gasteiger partial charge is 0.356 e. The van der Waals surface area contributed by atoms with Crippen LogP contribution in [0.5, 0.6) is 0 Å². The van der Waals surface area contributed by atoms with E-state index in [2.05, 4.69) is 13.8 Å². The summed E-state index contributed by atoms with van der Waals surface area (Å²) in [5.74, 6) is 0.288. The second-order valence-electron chi connectivity index (χ2n) is 6.96. The molecule has 0 N–H and O–H groups in total. The van der Waals surface area contributed by atoms with E-state index in [0.717, 1.165) is 55.7 Å². The van der Waals surface area contributed by atoms with Gasteiger partial charge in [0.2, 0.25) is 0 Å². The van der Waals surface area contributed by atoms with Crippen LogP contribution in [0.1, 0.15) is 86.0 Å². The Morgan fingerprint density at radius 1 is 0.875 bits per heavy atom. The van der Waals surface area contributed by atoms with Crippen molar-refractivity contribution in [1.29, 1.82) is 0 Å². The SMILES string of the molecule is CCCCC(CC)CN(CC(CC)CCCC)S(=O)(=O)C(C)(F)F. The number of nitrogens with zero attached hydrogens (tertiary/aromatic N) is 1. The van der Waals surface area contributed by atoms with Crippen LogP contribution in [0.25, 0.3) is 0 Å². The third kappa shape index (κ3) is 7.77. The van der Waals surface area contributed by atoms with Crippen LogP contribution in [0.15, 0.2) is 0 Å². The Morgan fingerprint density at radius 3 is 1.50 bits per heavy atom. The van der Waals surface area contributed by atoms with Crippen molar-refractivity contribution in [2.75, 3.05) is 13.1 Å². The van der Waals surface area contributed by atoms with Gasteiger partial charge in [-0.2, -0.15) is 13.1 Å². The number of unbranched alkanes of at least 4 members (excludes halogenated alkanes) is 2. The van der Waals surface area contributed by atoms with Gasteiger partial charge < -0.3 is 0 Å². The van der Waals surface area contributed by atoms with Gasteiger partial charge in [-0.25, -0.2) is 8.42 Å². The van der Waals surface area contributed by atoms with E-state index in [9.17, 15) is 17.2 Å². The molecule has 146 valence electrons. The van der Waals surface area contributed by atoms with Crippen molar-refractivity contribution in [3.05, 3.63) is 0 Å². The molecule has 24 heavy (non-hydrogen) atoms. The highest BCUT2D eigenvalue weighted by Crippen LogP contribution is 2.29. The average Bonchev–Trinajstić information content (AvgIpc) is 2.52. The van der Waals surface area contributed by atoms with Crippen LogP contribution < -0.4 is 0 Å². The molecule has 2 atom stereocenters. The molecule has 0 saturated carbocycles. The van der Waals surface area contributed by atoms with Crippen LogP contribution in [-0.2, 0) is 10.0 Å². The molecule has 0 aliphatic rings. The van der Waals surface area contributed by atoms with E-state index in [4.69, 9.17) is 0 Å². The summed E-state index contributed by atoms with van der Waals surface area (Å²) in [7, 11) is -4.60. The molecule has 0 heterocycles. The lowest BCUT2D eigenvalue weighted by Gasteiger charge is -2.31. The molecule has 6 heteroatoms. The normalized spacial score (nSPS) is 15.7. The van der Waals surface area contributed by atoms with Crippen LogP contribution in [-0.4, -0.2) is 31.1 Å². The number of hydrogen-bond acceptors (Lipinski definition) is 2. The Hall–Kier alpha value is -0.230. The Bertz CT molecular complexity index is 403. The number of rotatable bonds is 14. The highest BCUT2D eigenvalue weighted by Gasteiger charge is 2.44. The summed E-state index contributed by atoms with van der Waals surface area (Å²) in [6.07, 6.45) is 7.46. The molecule has 0 rings (SSSR count). The highest BCUT2D eigenvalue weighted by atomic mass is 32.2. The molecule has 2 unspecified atom stereocenters. The Morgan fingerprint density at radius 2 is 1.25 bits per heavy atom. The first-order valence-electron chi connectivity index (χ1n) is 9.51. The van der Waals surface area contributed by atoms with E-state index < -0.39 is 15.3 Å². The lowest BCUT2D eigenvalue weighted by atomic mass is 9.97. The lowest BCUT2D eigenvalue weighted by molar-refractivity contribution is 0.101. The zero-order valence-corrected chi connectivity index (χ0v) is 17.0. The van der Waals surface area contributed by atoms with E-state index in [-0.39, 0.29) is 24.9 Å². The minimum Gasteiger partial charge on any atom is -0.206 e. The zero-order valence-electron chi connectivity index (χ0n) is 16.2. The predicted octanol–water partition coefficient (Wildman–Crippen LogP) is 5.66. The van der Waals surface area contributed by atoms with Crippen LogP contribution in [0.4, 0.5) is 8.78 Å². The standard InChI is InChI=1S/C18H37F2NO2S/c1-6-10-12-16(8-3)14-21(24(22,23)18(5,19)20)15-17(9-4)13-11-7-2/h16-17H,6-15H2,1-5H3. The van der Waals surface area contributed by atoms with Crippen molar-refractivity contribution >= 4 is 10.0 Å². The molecule has 0 aliphatic heterocycles. The van der Waals surface area contributed by atoms with E-state index in [1.807, 2.05) is 13.8 Å². The molecule has 0 spiro atoms. The van der Waals surface area contributed by atoms with E-state index in [1.165, 1.54) is 0 Å². The van der Waals surface area contributed by atoms with E-state index in [1.54, 1.807) is 0 Å². The highest BCUT2D eigenvalue weighted by molar-refractivity contribution is 7.90. The second-order valence-corrected chi connectivity index (χ2v) is 9.15. The third-order valence-corrected chi connectivity index (χ3v) is 6.69. The molecule has 0 fully saturated rings. The first-order chi connectivity index (χ1) is 11.1. The predicted molar refractivity (Wildman–Crippen MR) is 97.7 cm³/mol. The topological polar surface area (TPSA) is 37.4 Å². The zero-order chi connectivity index (χ0) is 18.8. The van der Waals surface area contributed by atoms with Crippen LogP contribution in [0.2, 0.25) is 0 Å². The average molecular weight is 370 g/mol. The van der Waals surface area contributed by atoms with Gasteiger partial charge >= 0.3 is 5.25 Å². The molecule has 0 aliphatic carbocycles. The van der Waals surface area contributed by atoms with Gasteiger partial charge in [0.25, 0.3) is 10.0 Å². The van der Waals surface area contributed by atoms with Gasteiger partial charge in [-0.15, -0.1) is 0 Å². The van der Waals surface area contributed by atoms with Gasteiger partial charge in [0, 0.05) is 20.0 Å². The van der Waals surface area contributed by atoms with Gasteiger partial charge in [-0.05, 0) is 24.7 Å². The summed E-state index contributed by atoms with van der Waals surface area (Å²) < 4.78 is 53.3. The lowest BCUT2D eigenvalue weighted by Crippen LogP contribution is -2.45. The summed E-state index contributed by atoms with van der Waals surface area (Å²) in [6, 6.07) is 0. The Labute approximate surface area is 148 Å². The van der Waals surface area contributed by atoms with Gasteiger partial charge in [0.05, 0.1) is 0 Å². The summed E-state index contributed by atoms with van der Waals surface area (Å²) in [4.78, 5) is 0. The van der Waals surface area contributed by atoms with Crippen molar-refractivity contribution in [3.63, 3.8) is 0 Å². The molecule has 0 aromatic heterocycles. The van der Waals surface area contributed by atoms with Crippen LogP contribution in [0.3, 0.4) is 0 Å². The summed E-state index contributed by atoms with van der Waals surface area (Å²) in [6.45, 7) is 9.09. The third-order valence-electron chi connectivity index (χ3n) is 4.80. The Balaban J connectivity index is 5.28. The van der Waals surface area contributed by atoms with Gasteiger partial charge in [-0.3, -0.25) is 0 Å². The Kier molecular flexibility index (Phi) is 11.3. The number of alkyl halides is 2. The minimum atomic E-state index is -4.60. The maximum Gasteiger partial charge on any atom is 0.356 e. The van der Waals surface area contributed by atoms with Crippen LogP contribution >= 0.6 is 0 Å². The molecule has 3 nitrogen and oxygen atoms in total. The molecule has 0 aromatic carbocycles. The molecule has 0 aromatic rings. The molecular weight excluding hydrogens is 332 g/mol. The molecule has 0 amide bonds. The molecular formula is C18H37F2NO2S. The number of hydrogen-bond donors (Lipinski definition) is 0. The van der Waals surface area contributed by atoms with Crippen molar-refractivity contribution < 1.29 is 17.2 Å². The van der Waals surface area contributed by atoms with Crippen molar-refractivity contribution in [2.45, 2.75) is 91.2 Å². The quantitative estimate of drug-likeness (QED) is 0.396. The molecule has 0 saturated heterocycles. The smallest absolute Gasteiger partial charge is 0.206 e. The fraction of sp³-hybridized carbons (Fsp3) is 1.00. The summed E-state index contributed by atoms with van der Waals surface area (Å²) in [5.41, 5.74) is 0. The maximum absolute atomic E-state index is 13.7. The van der Waals surface area contributed by atoms with Crippen LogP contribution in [0, 0.1) is 11.8 Å². The maximum atomic E-state index is 13.7. The first kappa shape index (κ1) is 23.8. The van der Waals surface area contributed by atoms with E-state index in [0.29, 0.717) is 6.92 Å². The van der Waals surface area contributed by atoms with Crippen molar-refractivity contribution in [2.24, 2.45) is 11.8 Å². The monoisotopic (exact) mass is 369 g/mol. The van der Waals surface area contributed by atoms with Crippen molar-refractivity contribution in [1.82, 2.24) is 4.31 Å². The molecule has 0 bridgehead atoms. The summed E-state index contributed by atoms with van der Waals surface area (Å²) >= 11 is 0. The van der Waals surface area contributed by atoms with Crippen molar-refractivity contribution in [3.8, 4) is 0 Å². The number of halogens is 2. The molecule has 0 radical (unpaired) electrons. The fourth-order valence-corrected chi connectivity index (χ4v) is 4.18. The second kappa shape index (κ2) is 11.4. The van der Waals surface area contributed by atoms with Gasteiger partial charge in [0.1, 0.15) is 0 Å². The minimum absolute atomic E-state index is 0.144. The first-order valence-corrected chi connectivity index (χ1v) is 10.9. The fourth-order valence-electron chi connectivity index (χ4n) is 2.91. The van der Waals surface area contributed by atoms with Gasteiger partial charge in [-0.1, -0.05) is 66.2 Å². The summed E-state index contributed by atoms with van der Waals surface area (Å²) in [5, 5.41) is -3.72. The van der Waals surface area contributed by atoms with Gasteiger partial charge in [0.15, 0.2) is 0 Å². The van der Waals surface area contributed by atoms with E-state index >= 15 is 0 Å². The number of sulfonamides is 1.